The molecular weight excluding hydrogens is 408 g/mol. The second kappa shape index (κ2) is 9.04. The number of likely N-dealkylation sites (N-methyl/N-ethyl adjacent to an activating group) is 1. The van der Waals surface area contributed by atoms with Gasteiger partial charge >= 0.3 is 11.9 Å². The number of carboxylic acids is 2. The highest BCUT2D eigenvalue weighted by Gasteiger charge is 2.26. The Labute approximate surface area is 177 Å². The van der Waals surface area contributed by atoms with Crippen molar-refractivity contribution in [2.75, 3.05) is 29.1 Å². The first-order valence-corrected chi connectivity index (χ1v) is 10.3. The maximum Gasteiger partial charge on any atom is 0.326 e. The van der Waals surface area contributed by atoms with Crippen molar-refractivity contribution in [1.82, 2.24) is 5.32 Å². The van der Waals surface area contributed by atoms with Crippen molar-refractivity contribution < 1.29 is 24.6 Å². The highest BCUT2D eigenvalue weighted by molar-refractivity contribution is 7.20. The molecule has 3 rings (SSSR count). The van der Waals surface area contributed by atoms with E-state index in [1.165, 1.54) is 11.3 Å². The van der Waals surface area contributed by atoms with Crippen LogP contribution >= 0.6 is 11.3 Å². The highest BCUT2D eigenvalue weighted by atomic mass is 32.1. The number of hydrogen-bond donors (Lipinski definition) is 5. The molecule has 160 valence electrons. The van der Waals surface area contributed by atoms with Crippen LogP contribution in [0.4, 0.5) is 15.7 Å². The Hall–Kier alpha value is -3.27. The van der Waals surface area contributed by atoms with Gasteiger partial charge in [-0.15, -0.1) is 11.3 Å². The Balaban J connectivity index is 1.62. The smallest absolute Gasteiger partial charge is 0.326 e. The van der Waals surface area contributed by atoms with Crippen molar-refractivity contribution >= 4 is 44.9 Å². The molecule has 2 aromatic rings. The number of hydrogen-bond acceptors (Lipinski definition) is 7. The van der Waals surface area contributed by atoms with Gasteiger partial charge in [0.15, 0.2) is 0 Å². The van der Waals surface area contributed by atoms with Crippen LogP contribution in [-0.2, 0) is 9.59 Å². The van der Waals surface area contributed by atoms with Gasteiger partial charge in [-0.05, 0) is 37.1 Å². The number of thiophene rings is 1. The van der Waals surface area contributed by atoms with E-state index in [1.54, 1.807) is 6.07 Å². The monoisotopic (exact) mass is 432 g/mol. The van der Waals surface area contributed by atoms with E-state index in [9.17, 15) is 19.5 Å². The summed E-state index contributed by atoms with van der Waals surface area (Å²) in [5.41, 5.74) is 2.36. The molecule has 0 saturated carbocycles. The fourth-order valence-electron chi connectivity index (χ4n) is 3.31. The van der Waals surface area contributed by atoms with Crippen LogP contribution in [-0.4, -0.2) is 53.9 Å². The van der Waals surface area contributed by atoms with Crippen LogP contribution in [0, 0.1) is 6.92 Å². The third-order valence-corrected chi connectivity index (χ3v) is 5.95. The van der Waals surface area contributed by atoms with Gasteiger partial charge in [0.2, 0.25) is 0 Å². The Morgan fingerprint density at radius 3 is 2.70 bits per heavy atom. The van der Waals surface area contributed by atoms with Gasteiger partial charge in [-0.25, -0.2) is 4.79 Å². The summed E-state index contributed by atoms with van der Waals surface area (Å²) in [6, 6.07) is 8.32. The van der Waals surface area contributed by atoms with Crippen molar-refractivity contribution in [3.63, 3.8) is 0 Å². The van der Waals surface area contributed by atoms with Gasteiger partial charge in [0.1, 0.15) is 12.2 Å². The van der Waals surface area contributed by atoms with Gasteiger partial charge in [0, 0.05) is 19.2 Å². The fraction of sp³-hybridized carbons (Fsp3) is 0.350. The molecule has 0 radical (unpaired) electrons. The summed E-state index contributed by atoms with van der Waals surface area (Å²) in [5, 5.41) is 28.8. The number of carbonyl (C=O) groups excluding carboxylic acids is 1. The Kier molecular flexibility index (Phi) is 6.46. The lowest BCUT2D eigenvalue weighted by Crippen LogP contribution is -2.51. The average Bonchev–Trinajstić information content (AvgIpc) is 3.13. The lowest BCUT2D eigenvalue weighted by Gasteiger charge is -2.31. The maximum absolute atomic E-state index is 12.5. The molecule has 0 fully saturated rings. The van der Waals surface area contributed by atoms with Crippen molar-refractivity contribution in [2.24, 2.45) is 0 Å². The second-order valence-electron chi connectivity index (χ2n) is 7.15. The molecule has 2 atom stereocenters. The van der Waals surface area contributed by atoms with E-state index in [-0.39, 0.29) is 24.9 Å². The molecule has 0 bridgehead atoms. The largest absolute Gasteiger partial charge is 0.481 e. The first-order valence-electron chi connectivity index (χ1n) is 9.43. The number of nitrogens with zero attached hydrogens (tertiary/aromatic N) is 1. The second-order valence-corrected chi connectivity index (χ2v) is 8.22. The van der Waals surface area contributed by atoms with Crippen LogP contribution in [0.1, 0.15) is 28.8 Å². The molecule has 1 unspecified atom stereocenters. The van der Waals surface area contributed by atoms with E-state index >= 15 is 0 Å². The zero-order valence-corrected chi connectivity index (χ0v) is 17.5. The summed E-state index contributed by atoms with van der Waals surface area (Å²) in [7, 11) is 1.88. The quantitative estimate of drug-likeness (QED) is 0.408. The van der Waals surface area contributed by atoms with Gasteiger partial charge in [-0.2, -0.15) is 0 Å². The summed E-state index contributed by atoms with van der Waals surface area (Å²) >= 11 is 1.36. The number of rotatable bonds is 9. The molecular formula is C20H24N4O5S. The van der Waals surface area contributed by atoms with E-state index in [2.05, 4.69) is 16.0 Å². The molecule has 1 aliphatic heterocycles. The van der Waals surface area contributed by atoms with Crippen LogP contribution in [0.5, 0.6) is 0 Å². The molecule has 1 amide bonds. The number of aryl methyl sites for hydroxylation is 1. The molecule has 10 heteroatoms. The van der Waals surface area contributed by atoms with E-state index in [0.717, 1.165) is 16.3 Å². The number of fused-ring (bicyclic) bond motifs is 1. The molecule has 1 aromatic heterocycles. The minimum absolute atomic E-state index is 0.00933. The summed E-state index contributed by atoms with van der Waals surface area (Å²) in [5.74, 6) is -2.24. The van der Waals surface area contributed by atoms with Gasteiger partial charge in [0.25, 0.3) is 5.91 Å². The van der Waals surface area contributed by atoms with Crippen LogP contribution < -0.4 is 20.9 Å². The van der Waals surface area contributed by atoms with Gasteiger partial charge in [0.05, 0.1) is 22.1 Å². The molecule has 0 spiro atoms. The molecule has 0 aliphatic carbocycles. The summed E-state index contributed by atoms with van der Waals surface area (Å²) in [4.78, 5) is 36.5. The zero-order valence-electron chi connectivity index (χ0n) is 16.6. The Morgan fingerprint density at radius 1 is 1.23 bits per heavy atom. The van der Waals surface area contributed by atoms with Crippen LogP contribution in [0.25, 0.3) is 0 Å². The first kappa shape index (κ1) is 21.4. The zero-order chi connectivity index (χ0) is 21.8. The number of anilines is 3. The molecule has 5 N–H and O–H groups in total. The predicted octanol–water partition coefficient (Wildman–Crippen LogP) is 2.40. The van der Waals surface area contributed by atoms with E-state index < -0.39 is 18.0 Å². The first-order chi connectivity index (χ1) is 14.2. The van der Waals surface area contributed by atoms with Crippen LogP contribution in [0.3, 0.4) is 0 Å². The highest BCUT2D eigenvalue weighted by Crippen LogP contribution is 2.31. The third kappa shape index (κ3) is 5.01. The fourth-order valence-corrected chi connectivity index (χ4v) is 4.24. The van der Waals surface area contributed by atoms with Crippen LogP contribution in [0.15, 0.2) is 30.3 Å². The Morgan fingerprint density at radius 2 is 2.00 bits per heavy atom. The molecule has 9 nitrogen and oxygen atoms in total. The molecule has 30 heavy (non-hydrogen) atoms. The van der Waals surface area contributed by atoms with Crippen molar-refractivity contribution in [3.05, 3.63) is 41.5 Å². The number of aliphatic carboxylic acids is 2. The standard InChI is InChI=1S/C20H24N4O5S/c1-11-4-3-5-12-18(11)19(27)23-14(21-12)10-24(2)16-8-7-15(30-16)22-13(20(28)29)6-9-17(25)26/h3-5,7-8,13-14,21-22H,6,9-10H2,1-2H3,(H,23,27)(H,25,26)(H,28,29)/t13-,14?/m0/s1. The summed E-state index contributed by atoms with van der Waals surface area (Å²) in [6.45, 7) is 2.40. The maximum atomic E-state index is 12.5. The minimum Gasteiger partial charge on any atom is -0.481 e. The summed E-state index contributed by atoms with van der Waals surface area (Å²) in [6.07, 6.45) is -0.515. The summed E-state index contributed by atoms with van der Waals surface area (Å²) < 4.78 is 0. The Bertz CT molecular complexity index is 960. The molecule has 2 heterocycles. The minimum atomic E-state index is -1.09. The van der Waals surface area contributed by atoms with E-state index in [4.69, 9.17) is 5.11 Å². The van der Waals surface area contributed by atoms with E-state index in [0.29, 0.717) is 17.1 Å². The SMILES string of the molecule is Cc1cccc2c1C(=O)NC(CN(C)c1ccc(N[C@@H](CCC(=O)O)C(=O)O)s1)N2. The average molecular weight is 433 g/mol. The van der Waals surface area contributed by atoms with E-state index in [1.807, 2.05) is 43.1 Å². The van der Waals surface area contributed by atoms with Crippen molar-refractivity contribution in [2.45, 2.75) is 32.0 Å². The predicted molar refractivity (Wildman–Crippen MR) is 116 cm³/mol. The van der Waals surface area contributed by atoms with Crippen molar-refractivity contribution in [1.29, 1.82) is 0 Å². The number of nitrogens with one attached hydrogen (secondary N) is 3. The van der Waals surface area contributed by atoms with Gasteiger partial charge in [-0.3, -0.25) is 9.59 Å². The lowest BCUT2D eigenvalue weighted by molar-refractivity contribution is -0.139. The topological polar surface area (TPSA) is 131 Å². The number of carboxylic acid groups (broad SMARTS) is 2. The number of amides is 1. The lowest BCUT2D eigenvalue weighted by atomic mass is 10.0. The van der Waals surface area contributed by atoms with Gasteiger partial charge < -0.3 is 31.1 Å². The molecule has 0 saturated heterocycles. The van der Waals surface area contributed by atoms with Crippen molar-refractivity contribution in [3.8, 4) is 0 Å². The van der Waals surface area contributed by atoms with Crippen LogP contribution in [0.2, 0.25) is 0 Å². The molecule has 1 aromatic carbocycles. The normalized spacial score (nSPS) is 16.1. The molecule has 1 aliphatic rings. The number of carbonyl (C=O) groups is 3. The van der Waals surface area contributed by atoms with Gasteiger partial charge in [-0.1, -0.05) is 12.1 Å². The third-order valence-electron chi connectivity index (χ3n) is 4.82. The number of benzene rings is 1.